The van der Waals surface area contributed by atoms with Gasteiger partial charge >= 0.3 is 0 Å². The standard InChI is InChI=1S/C10H12BrN3O2S/c11-9-17(15,16)14(6-2-4-12)8-10-3-1-5-13-7-10/h1,3,5,7H,2,6,8-9H2. The average Bonchev–Trinajstić information content (AvgIpc) is 2.35. The molecule has 0 aromatic carbocycles. The molecule has 0 unspecified atom stereocenters. The maximum absolute atomic E-state index is 11.8. The lowest BCUT2D eigenvalue weighted by Crippen LogP contribution is -2.32. The minimum atomic E-state index is -3.36. The molecule has 0 amide bonds. The highest BCUT2D eigenvalue weighted by molar-refractivity contribution is 9.10. The van der Waals surface area contributed by atoms with Crippen molar-refractivity contribution in [3.05, 3.63) is 30.1 Å². The van der Waals surface area contributed by atoms with Crippen LogP contribution in [0.15, 0.2) is 24.5 Å². The highest BCUT2D eigenvalue weighted by Crippen LogP contribution is 2.11. The summed E-state index contributed by atoms with van der Waals surface area (Å²) in [5, 5.41) is 8.52. The molecule has 5 nitrogen and oxygen atoms in total. The Labute approximate surface area is 109 Å². The van der Waals surface area contributed by atoms with Crippen molar-refractivity contribution in [3.63, 3.8) is 0 Å². The summed E-state index contributed by atoms with van der Waals surface area (Å²) in [6.07, 6.45) is 3.41. The maximum Gasteiger partial charge on any atom is 0.224 e. The minimum absolute atomic E-state index is 0.147. The van der Waals surface area contributed by atoms with E-state index in [1.54, 1.807) is 24.5 Å². The first kappa shape index (κ1) is 14.1. The molecule has 0 aliphatic heterocycles. The highest BCUT2D eigenvalue weighted by atomic mass is 79.9. The van der Waals surface area contributed by atoms with Crippen LogP contribution in [0.1, 0.15) is 12.0 Å². The van der Waals surface area contributed by atoms with Gasteiger partial charge in [-0.1, -0.05) is 22.0 Å². The molecule has 0 bridgehead atoms. The van der Waals surface area contributed by atoms with Gasteiger partial charge in [-0.25, -0.2) is 8.42 Å². The lowest BCUT2D eigenvalue weighted by Gasteiger charge is -2.19. The van der Waals surface area contributed by atoms with Crippen molar-refractivity contribution in [2.24, 2.45) is 0 Å². The number of halogens is 1. The molecule has 92 valence electrons. The van der Waals surface area contributed by atoms with Crippen molar-refractivity contribution in [2.45, 2.75) is 13.0 Å². The van der Waals surface area contributed by atoms with E-state index in [1.165, 1.54) is 4.31 Å². The molecule has 7 heteroatoms. The SMILES string of the molecule is N#CCCN(Cc1cccnc1)S(=O)(=O)CBr. The van der Waals surface area contributed by atoms with Crippen LogP contribution in [0.4, 0.5) is 0 Å². The zero-order chi connectivity index (χ0) is 12.7. The number of nitriles is 1. The first-order valence-corrected chi connectivity index (χ1v) is 7.63. The molecule has 0 radical (unpaired) electrons. The van der Waals surface area contributed by atoms with Crippen LogP contribution in [-0.4, -0.2) is 28.9 Å². The van der Waals surface area contributed by atoms with Gasteiger partial charge in [0.1, 0.15) is 4.66 Å². The van der Waals surface area contributed by atoms with Gasteiger partial charge in [-0.3, -0.25) is 4.98 Å². The maximum atomic E-state index is 11.8. The third-order valence-corrected chi connectivity index (χ3v) is 5.20. The van der Waals surface area contributed by atoms with Gasteiger partial charge in [0, 0.05) is 31.9 Å². The quantitative estimate of drug-likeness (QED) is 0.745. The predicted molar refractivity (Wildman–Crippen MR) is 67.6 cm³/mol. The number of pyridine rings is 1. The molecular weight excluding hydrogens is 306 g/mol. The first-order chi connectivity index (χ1) is 8.10. The van der Waals surface area contributed by atoms with Crippen molar-refractivity contribution in [3.8, 4) is 6.07 Å². The van der Waals surface area contributed by atoms with Crippen molar-refractivity contribution in [2.75, 3.05) is 11.2 Å². The Kier molecular flexibility index (Phi) is 5.55. The summed E-state index contributed by atoms with van der Waals surface area (Å²) >= 11 is 2.95. The Hall–Kier alpha value is -0.970. The number of aromatic nitrogens is 1. The topological polar surface area (TPSA) is 74.1 Å². The molecule has 1 aromatic heterocycles. The van der Waals surface area contributed by atoms with Gasteiger partial charge < -0.3 is 0 Å². The van der Waals surface area contributed by atoms with Crippen LogP contribution in [0.25, 0.3) is 0 Å². The van der Waals surface area contributed by atoms with Gasteiger partial charge in [0.25, 0.3) is 0 Å². The summed E-state index contributed by atoms with van der Waals surface area (Å²) in [6, 6.07) is 5.49. The summed E-state index contributed by atoms with van der Waals surface area (Å²) in [7, 11) is -3.36. The minimum Gasteiger partial charge on any atom is -0.264 e. The number of alkyl halides is 1. The predicted octanol–water partition coefficient (Wildman–Crippen LogP) is 1.48. The fourth-order valence-corrected chi connectivity index (χ4v) is 2.98. The molecule has 0 spiro atoms. The van der Waals surface area contributed by atoms with E-state index in [4.69, 9.17) is 5.26 Å². The fourth-order valence-electron chi connectivity index (χ4n) is 1.26. The van der Waals surface area contributed by atoms with E-state index < -0.39 is 10.0 Å². The third-order valence-electron chi connectivity index (χ3n) is 2.09. The number of nitrogens with zero attached hydrogens (tertiary/aromatic N) is 3. The Morgan fingerprint density at radius 3 is 2.82 bits per heavy atom. The van der Waals surface area contributed by atoms with Crippen LogP contribution in [0, 0.1) is 11.3 Å². The Morgan fingerprint density at radius 1 is 1.53 bits per heavy atom. The van der Waals surface area contributed by atoms with E-state index in [0.29, 0.717) is 0 Å². The summed E-state index contributed by atoms with van der Waals surface area (Å²) in [5.41, 5.74) is 0.801. The fraction of sp³-hybridized carbons (Fsp3) is 0.400. The molecule has 17 heavy (non-hydrogen) atoms. The van der Waals surface area contributed by atoms with E-state index in [9.17, 15) is 8.42 Å². The number of hydrogen-bond acceptors (Lipinski definition) is 4. The van der Waals surface area contributed by atoms with E-state index in [1.807, 2.05) is 6.07 Å². The van der Waals surface area contributed by atoms with E-state index in [0.717, 1.165) is 5.56 Å². The van der Waals surface area contributed by atoms with E-state index in [2.05, 4.69) is 20.9 Å². The second kappa shape index (κ2) is 6.69. The zero-order valence-electron chi connectivity index (χ0n) is 9.08. The molecule has 0 fully saturated rings. The molecule has 0 N–H and O–H groups in total. The molecule has 1 aromatic rings. The van der Waals surface area contributed by atoms with Gasteiger partial charge in [0.15, 0.2) is 0 Å². The van der Waals surface area contributed by atoms with Crippen molar-refractivity contribution >= 4 is 26.0 Å². The van der Waals surface area contributed by atoms with Crippen LogP contribution in [0.5, 0.6) is 0 Å². The Morgan fingerprint density at radius 2 is 2.29 bits per heavy atom. The monoisotopic (exact) mass is 317 g/mol. The normalized spacial score (nSPS) is 11.4. The first-order valence-electron chi connectivity index (χ1n) is 4.90. The Bertz CT molecular complexity index is 484. The molecule has 0 atom stereocenters. The second-order valence-electron chi connectivity index (χ2n) is 3.32. The third kappa shape index (κ3) is 4.42. The summed E-state index contributed by atoms with van der Waals surface area (Å²) in [5.74, 6) is 0. The number of sulfonamides is 1. The smallest absolute Gasteiger partial charge is 0.224 e. The summed E-state index contributed by atoms with van der Waals surface area (Å²) in [6.45, 7) is 0.433. The zero-order valence-corrected chi connectivity index (χ0v) is 11.5. The molecule has 0 saturated heterocycles. The van der Waals surface area contributed by atoms with Gasteiger partial charge in [-0.2, -0.15) is 9.57 Å². The summed E-state index contributed by atoms with van der Waals surface area (Å²) in [4.78, 5) is 3.93. The van der Waals surface area contributed by atoms with Crippen LogP contribution < -0.4 is 0 Å². The highest BCUT2D eigenvalue weighted by Gasteiger charge is 2.20. The average molecular weight is 318 g/mol. The lowest BCUT2D eigenvalue weighted by atomic mass is 10.3. The molecular formula is C10H12BrN3O2S. The van der Waals surface area contributed by atoms with Crippen LogP contribution in [-0.2, 0) is 16.6 Å². The van der Waals surface area contributed by atoms with Crippen molar-refractivity contribution in [1.82, 2.24) is 9.29 Å². The van der Waals surface area contributed by atoms with E-state index >= 15 is 0 Å². The number of hydrogen-bond donors (Lipinski definition) is 0. The summed E-state index contributed by atoms with van der Waals surface area (Å²) < 4.78 is 24.7. The molecule has 0 aliphatic rings. The van der Waals surface area contributed by atoms with Crippen LogP contribution >= 0.6 is 15.9 Å². The van der Waals surface area contributed by atoms with Crippen LogP contribution in [0.2, 0.25) is 0 Å². The number of rotatable bonds is 6. The van der Waals surface area contributed by atoms with Gasteiger partial charge in [0.2, 0.25) is 10.0 Å². The lowest BCUT2D eigenvalue weighted by molar-refractivity contribution is 0.416. The van der Waals surface area contributed by atoms with Gasteiger partial charge in [-0.15, -0.1) is 0 Å². The van der Waals surface area contributed by atoms with E-state index in [-0.39, 0.29) is 24.2 Å². The molecule has 0 aliphatic carbocycles. The molecule has 0 saturated carbocycles. The van der Waals surface area contributed by atoms with Crippen molar-refractivity contribution in [1.29, 1.82) is 5.26 Å². The van der Waals surface area contributed by atoms with Crippen LogP contribution in [0.3, 0.4) is 0 Å². The van der Waals surface area contributed by atoms with Crippen molar-refractivity contribution < 1.29 is 8.42 Å². The molecule has 1 rings (SSSR count). The largest absolute Gasteiger partial charge is 0.264 e. The Balaban J connectivity index is 2.82. The van der Waals surface area contributed by atoms with Gasteiger partial charge in [-0.05, 0) is 11.6 Å². The second-order valence-corrected chi connectivity index (χ2v) is 6.60. The molecule has 1 heterocycles. The van der Waals surface area contributed by atoms with Gasteiger partial charge in [0.05, 0.1) is 6.07 Å².